The van der Waals surface area contributed by atoms with E-state index in [4.69, 9.17) is 0 Å². The van der Waals surface area contributed by atoms with Crippen molar-refractivity contribution in [2.24, 2.45) is 0 Å². The van der Waals surface area contributed by atoms with Crippen molar-refractivity contribution in [3.05, 3.63) is 0 Å². The van der Waals surface area contributed by atoms with E-state index in [2.05, 4.69) is 99.1 Å². The van der Waals surface area contributed by atoms with Crippen LogP contribution in [0.5, 0.6) is 0 Å². The van der Waals surface area contributed by atoms with Crippen molar-refractivity contribution in [2.75, 3.05) is 0 Å². The molecule has 0 N–H and O–H groups in total. The summed E-state index contributed by atoms with van der Waals surface area (Å²) in [6.45, 7) is 20.1. The quantitative estimate of drug-likeness (QED) is 0.604. The summed E-state index contributed by atoms with van der Waals surface area (Å²) in [7, 11) is 6.59. The van der Waals surface area contributed by atoms with Crippen molar-refractivity contribution in [3.8, 4) is 0 Å². The molecule has 1 aliphatic heterocycles. The highest BCUT2D eigenvalue weighted by molar-refractivity contribution is 6.65. The molecule has 0 saturated carbocycles. The fourth-order valence-corrected chi connectivity index (χ4v) is 1.53. The van der Waals surface area contributed by atoms with Crippen LogP contribution in [-0.2, 0) is 0 Å². The van der Waals surface area contributed by atoms with Crippen molar-refractivity contribution >= 4 is 22.6 Å². The van der Waals surface area contributed by atoms with Gasteiger partial charge in [0.1, 0.15) is 0 Å². The van der Waals surface area contributed by atoms with Gasteiger partial charge in [-0.1, -0.05) is 0 Å². The van der Waals surface area contributed by atoms with Gasteiger partial charge in [-0.2, -0.15) is 0 Å². The Bertz CT molecular complexity index is 235. The molecule has 0 aromatic rings. The molecular formula is C12H27B3N3. The van der Waals surface area contributed by atoms with E-state index >= 15 is 0 Å². The summed E-state index contributed by atoms with van der Waals surface area (Å²) >= 11 is 0. The monoisotopic (exact) mass is 246 g/mol. The van der Waals surface area contributed by atoms with Gasteiger partial charge in [-0.15, -0.1) is 0 Å². The Balaban J connectivity index is 2.93. The third-order valence-electron chi connectivity index (χ3n) is 3.07. The average molecular weight is 246 g/mol. The third-order valence-corrected chi connectivity index (χ3v) is 3.07. The predicted molar refractivity (Wildman–Crippen MR) is 82.0 cm³/mol. The number of hydrogen-bond acceptors (Lipinski definition) is 3. The third kappa shape index (κ3) is 4.04. The van der Waals surface area contributed by atoms with Crippen LogP contribution >= 0.6 is 0 Å². The first-order valence-corrected chi connectivity index (χ1v) is 6.72. The van der Waals surface area contributed by atoms with Crippen LogP contribution in [0, 0.1) is 0 Å². The molecule has 0 aromatic carbocycles. The molecule has 0 amide bonds. The van der Waals surface area contributed by atoms with Crippen LogP contribution in [0.1, 0.15) is 62.3 Å². The Morgan fingerprint density at radius 2 is 0.611 bits per heavy atom. The van der Waals surface area contributed by atoms with Crippen molar-refractivity contribution in [2.45, 2.75) is 78.9 Å². The van der Waals surface area contributed by atoms with Crippen LogP contribution in [0.3, 0.4) is 0 Å². The van der Waals surface area contributed by atoms with Gasteiger partial charge >= 0.3 is 0 Å². The Labute approximate surface area is 116 Å². The van der Waals surface area contributed by atoms with Crippen LogP contribution < -0.4 is 0 Å². The molecule has 0 unspecified atom stereocenters. The molecule has 0 aromatic heterocycles. The van der Waals surface area contributed by atoms with Gasteiger partial charge in [0.05, 0.1) is 0 Å². The number of hydrogen-bond donors (Lipinski definition) is 0. The lowest BCUT2D eigenvalue weighted by molar-refractivity contribution is 0.249. The van der Waals surface area contributed by atoms with Gasteiger partial charge in [-0.3, -0.25) is 0 Å². The lowest BCUT2D eigenvalue weighted by atomic mass is 9.65. The molecule has 3 radical (unpaired) electrons. The summed E-state index contributed by atoms with van der Waals surface area (Å²) in [5.41, 5.74) is 0.254. The summed E-state index contributed by atoms with van der Waals surface area (Å²) in [5, 5.41) is 0. The maximum absolute atomic E-state index is 2.28. The van der Waals surface area contributed by atoms with Crippen LogP contribution in [0.15, 0.2) is 0 Å². The first kappa shape index (κ1) is 16.1. The fraction of sp³-hybridized carbons (Fsp3) is 1.00. The van der Waals surface area contributed by atoms with E-state index in [0.717, 1.165) is 0 Å². The maximum atomic E-state index is 2.28. The van der Waals surface area contributed by atoms with Crippen LogP contribution in [-0.4, -0.2) is 53.4 Å². The van der Waals surface area contributed by atoms with Crippen molar-refractivity contribution in [1.29, 1.82) is 0 Å². The SMILES string of the molecule is CC(C)(C)N1[B]N(C(C)(C)C)[B]N(C(C)(C)C)[B]1. The Morgan fingerprint density at radius 1 is 0.444 bits per heavy atom. The van der Waals surface area contributed by atoms with E-state index < -0.39 is 0 Å². The van der Waals surface area contributed by atoms with Gasteiger partial charge < -0.3 is 14.2 Å². The van der Waals surface area contributed by atoms with E-state index in [0.29, 0.717) is 0 Å². The van der Waals surface area contributed by atoms with Crippen LogP contribution in [0.4, 0.5) is 0 Å². The zero-order valence-electron chi connectivity index (χ0n) is 13.6. The van der Waals surface area contributed by atoms with Crippen molar-refractivity contribution in [1.82, 2.24) is 14.2 Å². The molecular weight excluding hydrogens is 219 g/mol. The average Bonchev–Trinajstić information content (AvgIpc) is 2.13. The predicted octanol–water partition coefficient (Wildman–Crippen LogP) is 1.90. The van der Waals surface area contributed by atoms with Gasteiger partial charge in [0.2, 0.25) is 0 Å². The summed E-state index contributed by atoms with van der Waals surface area (Å²) in [6.07, 6.45) is 0. The summed E-state index contributed by atoms with van der Waals surface area (Å²) in [4.78, 5) is 0. The zero-order valence-corrected chi connectivity index (χ0v) is 13.6. The molecule has 0 spiro atoms. The van der Waals surface area contributed by atoms with Gasteiger partial charge in [-0.25, -0.2) is 0 Å². The van der Waals surface area contributed by atoms with E-state index in [1.54, 1.807) is 0 Å². The fourth-order valence-electron chi connectivity index (χ4n) is 1.53. The Kier molecular flexibility index (Phi) is 4.37. The summed E-state index contributed by atoms with van der Waals surface area (Å²) in [5.74, 6) is 0. The minimum absolute atomic E-state index is 0.0846. The molecule has 18 heavy (non-hydrogen) atoms. The molecule has 1 saturated heterocycles. The van der Waals surface area contributed by atoms with Crippen molar-refractivity contribution in [3.63, 3.8) is 0 Å². The summed E-state index contributed by atoms with van der Waals surface area (Å²) < 4.78 is 6.84. The highest BCUT2D eigenvalue weighted by Gasteiger charge is 2.41. The first-order chi connectivity index (χ1) is 7.82. The van der Waals surface area contributed by atoms with Gasteiger partial charge in [-0.05, 0) is 78.9 Å². The molecule has 99 valence electrons. The molecule has 0 bridgehead atoms. The summed E-state index contributed by atoms with van der Waals surface area (Å²) in [6, 6.07) is 0. The molecule has 0 atom stereocenters. The zero-order chi connectivity index (χ0) is 14.4. The topological polar surface area (TPSA) is 9.72 Å². The number of nitrogens with zero attached hydrogens (tertiary/aromatic N) is 3. The van der Waals surface area contributed by atoms with E-state index in [9.17, 15) is 0 Å². The largest absolute Gasteiger partial charge is 0.360 e. The normalized spacial score (nSPS) is 21.2. The van der Waals surface area contributed by atoms with Gasteiger partial charge in [0.15, 0.2) is 0 Å². The first-order valence-electron chi connectivity index (χ1n) is 6.72. The lowest BCUT2D eigenvalue weighted by Crippen LogP contribution is -2.71. The van der Waals surface area contributed by atoms with Crippen LogP contribution in [0.25, 0.3) is 0 Å². The lowest BCUT2D eigenvalue weighted by Gasteiger charge is -2.53. The van der Waals surface area contributed by atoms with Gasteiger partial charge in [0.25, 0.3) is 22.6 Å². The van der Waals surface area contributed by atoms with Crippen LogP contribution in [0.2, 0.25) is 0 Å². The Morgan fingerprint density at radius 3 is 0.722 bits per heavy atom. The van der Waals surface area contributed by atoms with E-state index in [1.807, 2.05) is 0 Å². The maximum Gasteiger partial charge on any atom is 0.290 e. The molecule has 1 aliphatic rings. The second-order valence-electron chi connectivity index (χ2n) is 8.08. The van der Waals surface area contributed by atoms with E-state index in [1.165, 1.54) is 0 Å². The molecule has 1 fully saturated rings. The molecule has 3 nitrogen and oxygen atoms in total. The highest BCUT2D eigenvalue weighted by atomic mass is 15.3. The second-order valence-corrected chi connectivity index (χ2v) is 8.08. The van der Waals surface area contributed by atoms with E-state index in [-0.39, 0.29) is 16.6 Å². The molecule has 1 heterocycles. The second kappa shape index (κ2) is 4.88. The molecule has 6 heteroatoms. The standard InChI is InChI=1S/C12H27B3N3/c1-10(2,3)16-13-17(11(4,5)6)15-18(14-16)12(7,8)9/h1-9H3. The van der Waals surface area contributed by atoms with Gasteiger partial charge in [0, 0.05) is 0 Å². The minimum atomic E-state index is 0.0846. The number of rotatable bonds is 0. The highest BCUT2D eigenvalue weighted by Crippen LogP contribution is 2.24. The smallest absolute Gasteiger partial charge is 0.290 e. The minimum Gasteiger partial charge on any atom is -0.360 e. The van der Waals surface area contributed by atoms with Crippen molar-refractivity contribution < 1.29 is 0 Å². The molecule has 0 aliphatic carbocycles. The Hall–Kier alpha value is 0.0748. The molecule has 1 rings (SSSR count).